The molecule has 136 valence electrons. The number of amides is 2. The first-order valence-corrected chi connectivity index (χ1v) is 8.34. The molecule has 0 atom stereocenters. The molecule has 1 aliphatic heterocycles. The summed E-state index contributed by atoms with van der Waals surface area (Å²) in [6.45, 7) is 0.985. The van der Waals surface area contributed by atoms with Crippen molar-refractivity contribution < 1.29 is 23.5 Å². The number of ether oxygens (including phenoxy) is 2. The third kappa shape index (κ3) is 4.23. The molecule has 26 heavy (non-hydrogen) atoms. The molecule has 0 fully saturated rings. The van der Waals surface area contributed by atoms with Crippen LogP contribution in [0.25, 0.3) is 0 Å². The average molecular weight is 379 g/mol. The molecule has 1 aliphatic rings. The molecule has 0 spiro atoms. The van der Waals surface area contributed by atoms with Crippen LogP contribution in [0.15, 0.2) is 36.4 Å². The molecule has 2 amide bonds. The van der Waals surface area contributed by atoms with Crippen LogP contribution in [0.4, 0.5) is 10.1 Å². The van der Waals surface area contributed by atoms with Gasteiger partial charge in [0.25, 0.3) is 5.91 Å². The van der Waals surface area contributed by atoms with Crippen LogP contribution in [0, 0.1) is 5.82 Å². The fourth-order valence-electron chi connectivity index (χ4n) is 2.44. The van der Waals surface area contributed by atoms with Gasteiger partial charge in [0.05, 0.1) is 10.6 Å². The highest BCUT2D eigenvalue weighted by molar-refractivity contribution is 6.33. The van der Waals surface area contributed by atoms with Gasteiger partial charge in [0.1, 0.15) is 19.0 Å². The number of rotatable bonds is 5. The van der Waals surface area contributed by atoms with Crippen molar-refractivity contribution >= 4 is 29.1 Å². The SMILES string of the molecule is O=C(CCNC(=O)c1c(F)cccc1Cl)Nc1ccc2c(c1)OCCO2. The summed E-state index contributed by atoms with van der Waals surface area (Å²) in [6.07, 6.45) is 0.0201. The molecule has 0 aliphatic carbocycles. The number of hydrogen-bond donors (Lipinski definition) is 2. The van der Waals surface area contributed by atoms with Crippen molar-refractivity contribution in [3.8, 4) is 11.5 Å². The van der Waals surface area contributed by atoms with Gasteiger partial charge in [0.2, 0.25) is 5.91 Å². The number of hydrogen-bond acceptors (Lipinski definition) is 4. The molecule has 0 bridgehead atoms. The van der Waals surface area contributed by atoms with Gasteiger partial charge in [-0.2, -0.15) is 0 Å². The van der Waals surface area contributed by atoms with Crippen LogP contribution in [0.5, 0.6) is 11.5 Å². The number of nitrogens with one attached hydrogen (secondary N) is 2. The highest BCUT2D eigenvalue weighted by Crippen LogP contribution is 2.32. The Kier molecular flexibility index (Phi) is 5.58. The van der Waals surface area contributed by atoms with E-state index in [1.807, 2.05) is 0 Å². The van der Waals surface area contributed by atoms with Gasteiger partial charge in [-0.25, -0.2) is 4.39 Å². The van der Waals surface area contributed by atoms with Crippen LogP contribution >= 0.6 is 11.6 Å². The van der Waals surface area contributed by atoms with Gasteiger partial charge in [-0.15, -0.1) is 0 Å². The molecule has 2 aromatic carbocycles. The highest BCUT2D eigenvalue weighted by Gasteiger charge is 2.16. The zero-order valence-corrected chi connectivity index (χ0v) is 14.4. The Hall–Kier alpha value is -2.80. The van der Waals surface area contributed by atoms with Gasteiger partial charge in [0.15, 0.2) is 11.5 Å². The summed E-state index contributed by atoms with van der Waals surface area (Å²) in [5.41, 5.74) is 0.323. The molecule has 0 unspecified atom stereocenters. The molecule has 2 aromatic rings. The zero-order chi connectivity index (χ0) is 18.5. The van der Waals surface area contributed by atoms with E-state index in [2.05, 4.69) is 10.6 Å². The van der Waals surface area contributed by atoms with Crippen LogP contribution < -0.4 is 20.1 Å². The van der Waals surface area contributed by atoms with E-state index in [1.54, 1.807) is 18.2 Å². The van der Waals surface area contributed by atoms with Crippen molar-refractivity contribution in [2.24, 2.45) is 0 Å². The average Bonchev–Trinajstić information content (AvgIpc) is 2.61. The van der Waals surface area contributed by atoms with Crippen molar-refractivity contribution in [2.45, 2.75) is 6.42 Å². The van der Waals surface area contributed by atoms with Crippen LogP contribution in [-0.2, 0) is 4.79 Å². The van der Waals surface area contributed by atoms with E-state index in [4.69, 9.17) is 21.1 Å². The minimum atomic E-state index is -0.712. The van der Waals surface area contributed by atoms with E-state index >= 15 is 0 Å². The summed E-state index contributed by atoms with van der Waals surface area (Å²) in [5, 5.41) is 5.20. The Balaban J connectivity index is 1.51. The summed E-state index contributed by atoms with van der Waals surface area (Å²) < 4.78 is 24.5. The minimum absolute atomic E-state index is 0.0169. The van der Waals surface area contributed by atoms with Crippen molar-refractivity contribution in [1.82, 2.24) is 5.32 Å². The predicted octanol–water partition coefficient (Wildman–Crippen LogP) is 3.01. The summed E-state index contributed by atoms with van der Waals surface area (Å²) in [7, 11) is 0. The molecule has 6 nitrogen and oxygen atoms in total. The van der Waals surface area contributed by atoms with E-state index < -0.39 is 11.7 Å². The lowest BCUT2D eigenvalue weighted by atomic mass is 10.2. The first kappa shape index (κ1) is 18.0. The van der Waals surface area contributed by atoms with Crippen LogP contribution in [0.3, 0.4) is 0 Å². The number of anilines is 1. The topological polar surface area (TPSA) is 76.7 Å². The highest BCUT2D eigenvalue weighted by atomic mass is 35.5. The number of carbonyl (C=O) groups is 2. The van der Waals surface area contributed by atoms with Gasteiger partial charge in [0, 0.05) is 24.7 Å². The monoisotopic (exact) mass is 378 g/mol. The zero-order valence-electron chi connectivity index (χ0n) is 13.7. The second-order valence-corrected chi connectivity index (χ2v) is 5.92. The lowest BCUT2D eigenvalue weighted by molar-refractivity contribution is -0.116. The Morgan fingerprint density at radius 3 is 2.65 bits per heavy atom. The molecule has 3 rings (SSSR count). The third-order valence-corrected chi connectivity index (χ3v) is 3.97. The van der Waals surface area contributed by atoms with Crippen molar-refractivity contribution in [3.63, 3.8) is 0 Å². The van der Waals surface area contributed by atoms with Crippen molar-refractivity contribution in [3.05, 3.63) is 52.8 Å². The summed E-state index contributed by atoms with van der Waals surface area (Å²) in [6, 6.07) is 9.07. The Morgan fingerprint density at radius 2 is 1.88 bits per heavy atom. The maximum atomic E-state index is 13.7. The van der Waals surface area contributed by atoms with E-state index in [0.717, 1.165) is 6.07 Å². The van der Waals surface area contributed by atoms with Crippen LogP contribution in [0.1, 0.15) is 16.8 Å². The van der Waals surface area contributed by atoms with Gasteiger partial charge >= 0.3 is 0 Å². The van der Waals surface area contributed by atoms with Crippen LogP contribution in [-0.4, -0.2) is 31.6 Å². The Labute approximate surface area is 154 Å². The fraction of sp³-hybridized carbons (Fsp3) is 0.222. The molecule has 1 heterocycles. The summed E-state index contributed by atoms with van der Waals surface area (Å²) in [5.74, 6) is -0.489. The molecular formula is C18H16ClFN2O4. The van der Waals surface area contributed by atoms with E-state index in [-0.39, 0.29) is 29.5 Å². The first-order valence-electron chi connectivity index (χ1n) is 7.96. The molecular weight excluding hydrogens is 363 g/mol. The Bertz CT molecular complexity index is 824. The van der Waals surface area contributed by atoms with E-state index in [1.165, 1.54) is 12.1 Å². The number of halogens is 2. The van der Waals surface area contributed by atoms with Gasteiger partial charge in [-0.05, 0) is 24.3 Å². The van der Waals surface area contributed by atoms with Crippen molar-refractivity contribution in [1.29, 1.82) is 0 Å². The standard InChI is InChI=1S/C18H16ClFN2O4/c19-12-2-1-3-13(20)17(12)18(24)21-7-6-16(23)22-11-4-5-14-15(10-11)26-9-8-25-14/h1-5,10H,6-9H2,(H,21,24)(H,22,23). The first-order chi connectivity index (χ1) is 12.5. The quantitative estimate of drug-likeness (QED) is 0.838. The molecule has 0 saturated heterocycles. The molecule has 0 saturated carbocycles. The van der Waals surface area contributed by atoms with Crippen LogP contribution in [0.2, 0.25) is 5.02 Å². The third-order valence-electron chi connectivity index (χ3n) is 3.65. The normalized spacial score (nSPS) is 12.4. The maximum absolute atomic E-state index is 13.7. The summed E-state index contributed by atoms with van der Waals surface area (Å²) >= 11 is 5.83. The molecule has 2 N–H and O–H groups in total. The minimum Gasteiger partial charge on any atom is -0.486 e. The smallest absolute Gasteiger partial charge is 0.255 e. The van der Waals surface area contributed by atoms with E-state index in [0.29, 0.717) is 30.4 Å². The summed E-state index contributed by atoms with van der Waals surface area (Å²) in [4.78, 5) is 24.0. The fourth-order valence-corrected chi connectivity index (χ4v) is 2.69. The Morgan fingerprint density at radius 1 is 1.12 bits per heavy atom. The number of carbonyl (C=O) groups excluding carboxylic acids is 2. The molecule has 0 aromatic heterocycles. The lowest BCUT2D eigenvalue weighted by Crippen LogP contribution is -2.28. The molecule has 8 heteroatoms. The number of fused-ring (bicyclic) bond motifs is 1. The van der Waals surface area contributed by atoms with E-state index in [9.17, 15) is 14.0 Å². The van der Waals surface area contributed by atoms with Crippen molar-refractivity contribution in [2.75, 3.05) is 25.1 Å². The second kappa shape index (κ2) is 8.05. The van der Waals surface area contributed by atoms with Gasteiger partial charge in [-0.3, -0.25) is 9.59 Å². The lowest BCUT2D eigenvalue weighted by Gasteiger charge is -2.19. The van der Waals surface area contributed by atoms with Gasteiger partial charge < -0.3 is 20.1 Å². The van der Waals surface area contributed by atoms with Gasteiger partial charge in [-0.1, -0.05) is 17.7 Å². The molecule has 0 radical (unpaired) electrons. The number of benzene rings is 2. The largest absolute Gasteiger partial charge is 0.486 e. The second-order valence-electron chi connectivity index (χ2n) is 5.51. The predicted molar refractivity (Wildman–Crippen MR) is 94.4 cm³/mol. The maximum Gasteiger partial charge on any atom is 0.255 e.